The number of nitrogens with zero attached hydrogens (tertiary/aromatic N) is 1. The van der Waals surface area contributed by atoms with Crippen LogP contribution < -0.4 is 10.1 Å². The van der Waals surface area contributed by atoms with Crippen LogP contribution in [0.4, 0.5) is 4.39 Å². The first kappa shape index (κ1) is 27.9. The molecule has 3 aromatic carbocycles. The van der Waals surface area contributed by atoms with Gasteiger partial charge in [-0.05, 0) is 56.0 Å². The van der Waals surface area contributed by atoms with Crippen molar-refractivity contribution in [2.45, 2.75) is 65.1 Å². The van der Waals surface area contributed by atoms with E-state index < -0.39 is 23.3 Å². The molecular formula is C31H37FN2O3. The zero-order valence-corrected chi connectivity index (χ0v) is 22.3. The molecule has 0 aliphatic rings. The molecule has 0 aromatic heterocycles. The number of benzene rings is 3. The minimum absolute atomic E-state index is 0.0593. The van der Waals surface area contributed by atoms with Gasteiger partial charge in [-0.15, -0.1) is 0 Å². The van der Waals surface area contributed by atoms with Gasteiger partial charge >= 0.3 is 0 Å². The molecule has 0 heterocycles. The molecule has 1 N–H and O–H groups in total. The van der Waals surface area contributed by atoms with E-state index in [1.54, 1.807) is 18.2 Å². The third-order valence-electron chi connectivity index (χ3n) is 5.98. The Hall–Kier alpha value is -3.67. The van der Waals surface area contributed by atoms with Crippen molar-refractivity contribution in [2.75, 3.05) is 6.61 Å². The maximum Gasteiger partial charge on any atom is 0.261 e. The molecule has 1 atom stereocenters. The summed E-state index contributed by atoms with van der Waals surface area (Å²) in [5.41, 5.74) is 1.89. The van der Waals surface area contributed by atoms with E-state index in [1.807, 2.05) is 75.4 Å². The van der Waals surface area contributed by atoms with Crippen LogP contribution in [0.3, 0.4) is 0 Å². The minimum atomic E-state index is -0.861. The Balaban J connectivity index is 1.91. The molecule has 3 aromatic rings. The van der Waals surface area contributed by atoms with Crippen LogP contribution in [0.5, 0.6) is 5.75 Å². The highest BCUT2D eigenvalue weighted by Gasteiger charge is 2.33. The maximum atomic E-state index is 14.7. The first-order valence-electron chi connectivity index (χ1n) is 12.6. The van der Waals surface area contributed by atoms with Crippen molar-refractivity contribution in [2.24, 2.45) is 0 Å². The van der Waals surface area contributed by atoms with Gasteiger partial charge in [-0.1, -0.05) is 74.5 Å². The number of halogens is 1. The van der Waals surface area contributed by atoms with Gasteiger partial charge in [0.15, 0.2) is 6.61 Å². The Morgan fingerprint density at radius 2 is 1.54 bits per heavy atom. The van der Waals surface area contributed by atoms with Crippen molar-refractivity contribution in [3.63, 3.8) is 0 Å². The molecule has 0 saturated heterocycles. The second kappa shape index (κ2) is 12.5. The van der Waals surface area contributed by atoms with Crippen LogP contribution >= 0.6 is 0 Å². The average molecular weight is 505 g/mol. The fourth-order valence-electron chi connectivity index (χ4n) is 3.99. The molecule has 37 heavy (non-hydrogen) atoms. The summed E-state index contributed by atoms with van der Waals surface area (Å²) in [5.74, 6) is -0.196. The van der Waals surface area contributed by atoms with Crippen LogP contribution in [0.1, 0.15) is 57.2 Å². The number of carbonyl (C=O) groups is 2. The van der Waals surface area contributed by atoms with Crippen LogP contribution in [0, 0.1) is 5.82 Å². The number of nitrogens with one attached hydrogen (secondary N) is 1. The second-order valence-electron chi connectivity index (χ2n) is 10.6. The van der Waals surface area contributed by atoms with Crippen LogP contribution in [-0.4, -0.2) is 34.9 Å². The van der Waals surface area contributed by atoms with E-state index in [-0.39, 0.29) is 25.5 Å². The number of hydrogen-bond acceptors (Lipinski definition) is 3. The van der Waals surface area contributed by atoms with Gasteiger partial charge in [-0.25, -0.2) is 4.39 Å². The van der Waals surface area contributed by atoms with E-state index in [0.29, 0.717) is 17.2 Å². The van der Waals surface area contributed by atoms with Gasteiger partial charge in [0, 0.05) is 24.1 Å². The zero-order chi connectivity index (χ0) is 27.0. The second-order valence-corrected chi connectivity index (χ2v) is 10.6. The molecule has 0 aliphatic heterocycles. The molecule has 1 unspecified atom stereocenters. The summed E-state index contributed by atoms with van der Waals surface area (Å²) < 4.78 is 20.5. The van der Waals surface area contributed by atoms with Gasteiger partial charge in [0.2, 0.25) is 5.91 Å². The van der Waals surface area contributed by atoms with Crippen LogP contribution in [0.25, 0.3) is 0 Å². The summed E-state index contributed by atoms with van der Waals surface area (Å²) in [4.78, 5) is 28.6. The Morgan fingerprint density at radius 3 is 2.14 bits per heavy atom. The standard InChI is InChI=1S/C31H37FN2O3/c1-22(2)24-15-17-26(18-16-24)37-21-29(35)34(20-25-13-9-10-14-27(25)32)28(30(36)33-31(3,4)5)19-23-11-7-6-8-12-23/h6-18,22,28H,19-21H2,1-5H3,(H,33,36). The maximum absolute atomic E-state index is 14.7. The van der Waals surface area contributed by atoms with E-state index in [2.05, 4.69) is 19.2 Å². The first-order chi connectivity index (χ1) is 17.5. The first-order valence-corrected chi connectivity index (χ1v) is 12.6. The van der Waals surface area contributed by atoms with Crippen molar-refractivity contribution >= 4 is 11.8 Å². The van der Waals surface area contributed by atoms with E-state index >= 15 is 0 Å². The zero-order valence-electron chi connectivity index (χ0n) is 22.3. The van der Waals surface area contributed by atoms with Crippen LogP contribution in [-0.2, 0) is 22.6 Å². The largest absolute Gasteiger partial charge is 0.484 e. The lowest BCUT2D eigenvalue weighted by molar-refractivity contribution is -0.143. The highest BCUT2D eigenvalue weighted by Crippen LogP contribution is 2.20. The lowest BCUT2D eigenvalue weighted by Crippen LogP contribution is -2.55. The summed E-state index contributed by atoms with van der Waals surface area (Å²) in [6, 6.07) is 22.5. The predicted octanol–water partition coefficient (Wildman–Crippen LogP) is 5.88. The van der Waals surface area contributed by atoms with Gasteiger partial charge in [0.1, 0.15) is 17.6 Å². The van der Waals surface area contributed by atoms with E-state index in [9.17, 15) is 14.0 Å². The van der Waals surface area contributed by atoms with Crippen molar-refractivity contribution < 1.29 is 18.7 Å². The normalized spacial score (nSPS) is 12.2. The third-order valence-corrected chi connectivity index (χ3v) is 5.98. The molecule has 0 saturated carbocycles. The number of carbonyl (C=O) groups excluding carboxylic acids is 2. The molecule has 6 heteroatoms. The summed E-state index contributed by atoms with van der Waals surface area (Å²) in [6.07, 6.45) is 0.284. The van der Waals surface area contributed by atoms with Crippen molar-refractivity contribution in [1.82, 2.24) is 10.2 Å². The molecule has 196 valence electrons. The topological polar surface area (TPSA) is 58.6 Å². The fraction of sp³-hybridized carbons (Fsp3) is 0.355. The van der Waals surface area contributed by atoms with Crippen molar-refractivity contribution in [1.29, 1.82) is 0 Å². The van der Waals surface area contributed by atoms with Crippen molar-refractivity contribution in [3.8, 4) is 5.75 Å². The average Bonchev–Trinajstić information content (AvgIpc) is 2.85. The van der Waals surface area contributed by atoms with E-state index in [4.69, 9.17) is 4.74 Å². The lowest BCUT2D eigenvalue weighted by Gasteiger charge is -2.33. The smallest absolute Gasteiger partial charge is 0.261 e. The van der Waals surface area contributed by atoms with E-state index in [0.717, 1.165) is 5.56 Å². The molecule has 0 spiro atoms. The lowest BCUT2D eigenvalue weighted by atomic mass is 10.0. The molecule has 0 bridgehead atoms. The molecule has 5 nitrogen and oxygen atoms in total. The monoisotopic (exact) mass is 504 g/mol. The Labute approximate surface area is 219 Å². The summed E-state index contributed by atoms with van der Waals surface area (Å²) in [6.45, 7) is 9.54. The fourth-order valence-corrected chi connectivity index (χ4v) is 3.99. The van der Waals surface area contributed by atoms with Gasteiger partial charge in [0.05, 0.1) is 0 Å². The summed E-state index contributed by atoms with van der Waals surface area (Å²) in [7, 11) is 0. The van der Waals surface area contributed by atoms with Gasteiger partial charge in [0.25, 0.3) is 5.91 Å². The van der Waals surface area contributed by atoms with Crippen LogP contribution in [0.15, 0.2) is 78.9 Å². The van der Waals surface area contributed by atoms with Gasteiger partial charge in [-0.3, -0.25) is 9.59 Å². The van der Waals surface area contributed by atoms with Gasteiger partial charge in [-0.2, -0.15) is 0 Å². The number of hydrogen-bond donors (Lipinski definition) is 1. The van der Waals surface area contributed by atoms with Gasteiger partial charge < -0.3 is 15.0 Å². The highest BCUT2D eigenvalue weighted by atomic mass is 19.1. The summed E-state index contributed by atoms with van der Waals surface area (Å²) in [5, 5.41) is 3.00. The number of amides is 2. The molecule has 0 radical (unpaired) electrons. The van der Waals surface area contributed by atoms with Crippen LogP contribution in [0.2, 0.25) is 0 Å². The molecule has 0 aliphatic carbocycles. The Kier molecular flexibility index (Phi) is 9.45. The Morgan fingerprint density at radius 1 is 0.919 bits per heavy atom. The molecular weight excluding hydrogens is 467 g/mol. The van der Waals surface area contributed by atoms with E-state index in [1.165, 1.54) is 16.5 Å². The predicted molar refractivity (Wildman–Crippen MR) is 145 cm³/mol. The highest BCUT2D eigenvalue weighted by molar-refractivity contribution is 5.89. The quantitative estimate of drug-likeness (QED) is 0.375. The molecule has 3 rings (SSSR count). The minimum Gasteiger partial charge on any atom is -0.484 e. The number of rotatable bonds is 10. The molecule has 0 fully saturated rings. The molecule has 2 amide bonds. The summed E-state index contributed by atoms with van der Waals surface area (Å²) >= 11 is 0. The third kappa shape index (κ3) is 8.45. The SMILES string of the molecule is CC(C)c1ccc(OCC(=O)N(Cc2ccccc2F)C(Cc2ccccc2)C(=O)NC(C)(C)C)cc1. The van der Waals surface area contributed by atoms with Crippen molar-refractivity contribution in [3.05, 3.63) is 101 Å². The number of ether oxygens (including phenoxy) is 1. The Bertz CT molecular complexity index is 1170.